The molecule has 1 aliphatic heterocycles. The zero-order valence-corrected chi connectivity index (χ0v) is 20.5. The number of hydrogen-bond acceptors (Lipinski definition) is 3. The minimum Gasteiger partial charge on any atom is -0.493 e. The van der Waals surface area contributed by atoms with Gasteiger partial charge in [0.05, 0.1) is 24.9 Å². The van der Waals surface area contributed by atoms with E-state index in [1.807, 2.05) is 97.1 Å². The molecule has 1 aliphatic rings. The SMILES string of the molecule is COc1ccccc1OCCn1cc(C=C2C(=O)N(c3ccccc3)c3ccccc32)c2ccccc21. The molecule has 0 radical (unpaired) electrons. The van der Waals surface area contributed by atoms with Gasteiger partial charge in [0, 0.05) is 33.9 Å². The first-order valence-corrected chi connectivity index (χ1v) is 12.3. The van der Waals surface area contributed by atoms with Crippen LogP contribution in [0.4, 0.5) is 11.4 Å². The van der Waals surface area contributed by atoms with Gasteiger partial charge in [-0.1, -0.05) is 66.7 Å². The Bertz CT molecular complexity index is 1620. The van der Waals surface area contributed by atoms with Crippen molar-refractivity contribution in [1.82, 2.24) is 4.57 Å². The number of para-hydroxylation sites is 5. The Labute approximate surface area is 215 Å². The van der Waals surface area contributed by atoms with E-state index < -0.39 is 0 Å². The standard InChI is InChI=1S/C32H26N2O3/c1-36-30-17-9-10-18-31(30)37-20-19-33-22-23(25-13-5-7-15-28(25)33)21-27-26-14-6-8-16-29(26)34(32(27)35)24-11-3-2-4-12-24/h2-18,21-22H,19-20H2,1H3. The molecule has 1 aromatic heterocycles. The van der Waals surface area contributed by atoms with Crippen LogP contribution >= 0.6 is 0 Å². The third-order valence-electron chi connectivity index (χ3n) is 6.66. The predicted molar refractivity (Wildman–Crippen MR) is 148 cm³/mol. The van der Waals surface area contributed by atoms with Gasteiger partial charge in [-0.3, -0.25) is 9.69 Å². The van der Waals surface area contributed by atoms with Crippen LogP contribution in [-0.2, 0) is 11.3 Å². The summed E-state index contributed by atoms with van der Waals surface area (Å²) in [5, 5.41) is 1.09. The molecule has 0 N–H and O–H groups in total. The Hall–Kier alpha value is -4.77. The fourth-order valence-electron chi connectivity index (χ4n) is 4.94. The number of methoxy groups -OCH3 is 1. The molecule has 0 aliphatic carbocycles. The largest absolute Gasteiger partial charge is 0.493 e. The van der Waals surface area contributed by atoms with Crippen LogP contribution < -0.4 is 14.4 Å². The van der Waals surface area contributed by atoms with Gasteiger partial charge >= 0.3 is 0 Å². The lowest BCUT2D eigenvalue weighted by Gasteiger charge is -2.16. The van der Waals surface area contributed by atoms with E-state index in [1.54, 1.807) is 12.0 Å². The fourth-order valence-corrected chi connectivity index (χ4v) is 4.94. The van der Waals surface area contributed by atoms with Crippen molar-refractivity contribution in [2.45, 2.75) is 6.54 Å². The topological polar surface area (TPSA) is 43.7 Å². The summed E-state index contributed by atoms with van der Waals surface area (Å²) in [5.41, 5.74) is 5.48. The Morgan fingerprint density at radius 3 is 2.32 bits per heavy atom. The van der Waals surface area contributed by atoms with Crippen LogP contribution in [0.3, 0.4) is 0 Å². The van der Waals surface area contributed by atoms with E-state index in [9.17, 15) is 4.79 Å². The molecule has 0 bridgehead atoms. The summed E-state index contributed by atoms with van der Waals surface area (Å²) in [6, 6.07) is 33.7. The van der Waals surface area contributed by atoms with E-state index in [0.29, 0.717) is 24.5 Å². The molecular weight excluding hydrogens is 460 g/mol. The first-order chi connectivity index (χ1) is 18.2. The molecule has 0 saturated heterocycles. The summed E-state index contributed by atoms with van der Waals surface area (Å²) in [6.45, 7) is 1.14. The van der Waals surface area contributed by atoms with Gasteiger partial charge in [0.25, 0.3) is 5.91 Å². The number of nitrogens with zero attached hydrogens (tertiary/aromatic N) is 2. The lowest BCUT2D eigenvalue weighted by Crippen LogP contribution is -2.20. The molecule has 0 fully saturated rings. The lowest BCUT2D eigenvalue weighted by molar-refractivity contribution is -0.112. The van der Waals surface area contributed by atoms with Crippen molar-refractivity contribution in [1.29, 1.82) is 0 Å². The normalized spacial score (nSPS) is 13.8. The monoisotopic (exact) mass is 486 g/mol. The highest BCUT2D eigenvalue weighted by Crippen LogP contribution is 2.42. The Balaban J connectivity index is 1.35. The molecule has 0 spiro atoms. The molecule has 0 atom stereocenters. The average Bonchev–Trinajstić information content (AvgIpc) is 3.44. The molecular formula is C32H26N2O3. The molecule has 5 heteroatoms. The van der Waals surface area contributed by atoms with E-state index in [1.165, 1.54) is 0 Å². The van der Waals surface area contributed by atoms with E-state index in [-0.39, 0.29) is 5.91 Å². The molecule has 182 valence electrons. The summed E-state index contributed by atoms with van der Waals surface area (Å²) >= 11 is 0. The van der Waals surface area contributed by atoms with Gasteiger partial charge in [0.1, 0.15) is 6.61 Å². The van der Waals surface area contributed by atoms with Crippen LogP contribution in [0.25, 0.3) is 22.6 Å². The molecule has 5 aromatic rings. The van der Waals surface area contributed by atoms with Gasteiger partial charge in [-0.2, -0.15) is 0 Å². The molecule has 2 heterocycles. The number of aromatic nitrogens is 1. The first kappa shape index (κ1) is 22.7. The van der Waals surface area contributed by atoms with Crippen molar-refractivity contribution >= 4 is 39.8 Å². The quantitative estimate of drug-likeness (QED) is 0.234. The van der Waals surface area contributed by atoms with Crippen molar-refractivity contribution in [3.63, 3.8) is 0 Å². The highest BCUT2D eigenvalue weighted by atomic mass is 16.5. The molecule has 5 nitrogen and oxygen atoms in total. The summed E-state index contributed by atoms with van der Waals surface area (Å²) in [6.07, 6.45) is 4.12. The summed E-state index contributed by atoms with van der Waals surface area (Å²) in [5.74, 6) is 1.41. The number of rotatable bonds is 7. The number of carbonyl (C=O) groups is 1. The molecule has 1 amide bonds. The average molecular weight is 487 g/mol. The lowest BCUT2D eigenvalue weighted by atomic mass is 10.0. The first-order valence-electron chi connectivity index (χ1n) is 12.3. The van der Waals surface area contributed by atoms with Gasteiger partial charge < -0.3 is 14.0 Å². The number of hydrogen-bond donors (Lipinski definition) is 0. The van der Waals surface area contributed by atoms with Crippen LogP contribution in [0.1, 0.15) is 11.1 Å². The maximum atomic E-state index is 13.7. The number of anilines is 2. The minimum atomic E-state index is -0.0243. The Morgan fingerprint density at radius 1 is 0.784 bits per heavy atom. The van der Waals surface area contributed by atoms with Crippen molar-refractivity contribution in [2.24, 2.45) is 0 Å². The number of ether oxygens (including phenoxy) is 2. The van der Waals surface area contributed by atoms with Crippen LogP contribution in [0.5, 0.6) is 11.5 Å². The van der Waals surface area contributed by atoms with Gasteiger partial charge in [0.15, 0.2) is 11.5 Å². The van der Waals surface area contributed by atoms with Gasteiger partial charge in [-0.15, -0.1) is 0 Å². The van der Waals surface area contributed by atoms with E-state index in [4.69, 9.17) is 9.47 Å². The second kappa shape index (κ2) is 9.70. The smallest absolute Gasteiger partial charge is 0.263 e. The molecule has 0 unspecified atom stereocenters. The second-order valence-electron chi connectivity index (χ2n) is 8.85. The Morgan fingerprint density at radius 2 is 1.49 bits per heavy atom. The highest BCUT2D eigenvalue weighted by molar-refractivity contribution is 6.38. The third kappa shape index (κ3) is 4.15. The van der Waals surface area contributed by atoms with Gasteiger partial charge in [-0.05, 0) is 42.5 Å². The Kier molecular flexibility index (Phi) is 5.95. The van der Waals surface area contributed by atoms with Crippen molar-refractivity contribution in [2.75, 3.05) is 18.6 Å². The fraction of sp³-hybridized carbons (Fsp3) is 0.0938. The van der Waals surface area contributed by atoms with E-state index in [2.05, 4.69) is 22.9 Å². The van der Waals surface area contributed by atoms with Gasteiger partial charge in [-0.25, -0.2) is 0 Å². The summed E-state index contributed by atoms with van der Waals surface area (Å²) < 4.78 is 13.6. The second-order valence-corrected chi connectivity index (χ2v) is 8.85. The number of fused-ring (bicyclic) bond motifs is 2. The number of amides is 1. The predicted octanol–water partition coefficient (Wildman–Crippen LogP) is 6.95. The third-order valence-corrected chi connectivity index (χ3v) is 6.66. The summed E-state index contributed by atoms with van der Waals surface area (Å²) in [4.78, 5) is 15.5. The minimum absolute atomic E-state index is 0.0243. The van der Waals surface area contributed by atoms with Crippen molar-refractivity contribution in [3.05, 3.63) is 120 Å². The molecule has 4 aromatic carbocycles. The zero-order valence-electron chi connectivity index (χ0n) is 20.5. The van der Waals surface area contributed by atoms with Crippen molar-refractivity contribution in [3.8, 4) is 11.5 Å². The van der Waals surface area contributed by atoms with Crippen LogP contribution in [0.2, 0.25) is 0 Å². The van der Waals surface area contributed by atoms with Crippen molar-refractivity contribution < 1.29 is 14.3 Å². The maximum Gasteiger partial charge on any atom is 0.263 e. The number of carbonyl (C=O) groups excluding carboxylic acids is 1. The van der Waals surface area contributed by atoms with E-state index >= 15 is 0 Å². The van der Waals surface area contributed by atoms with E-state index in [0.717, 1.165) is 39.2 Å². The zero-order chi connectivity index (χ0) is 25.2. The van der Waals surface area contributed by atoms with Crippen LogP contribution in [0, 0.1) is 0 Å². The van der Waals surface area contributed by atoms with Gasteiger partial charge in [0.2, 0.25) is 0 Å². The summed E-state index contributed by atoms with van der Waals surface area (Å²) in [7, 11) is 1.64. The molecule has 0 saturated carbocycles. The number of benzene rings is 4. The molecule has 6 rings (SSSR count). The maximum absolute atomic E-state index is 13.7. The van der Waals surface area contributed by atoms with Crippen LogP contribution in [-0.4, -0.2) is 24.2 Å². The molecule has 37 heavy (non-hydrogen) atoms. The van der Waals surface area contributed by atoms with Crippen LogP contribution in [0.15, 0.2) is 109 Å². The highest BCUT2D eigenvalue weighted by Gasteiger charge is 2.33.